The number of carboxylic acids is 1. The average Bonchev–Trinajstić information content (AvgIpc) is 3.04. The Labute approximate surface area is 168 Å². The number of carboxylic acid groups (broad SMARTS) is 1. The SMILES string of the molecule is O=C(O)CCCC(=O)N=C1SC2CS(=O)(=O)CC2N1c1ccccc1C(F)(F)F. The predicted molar refractivity (Wildman–Crippen MR) is 102 cm³/mol. The molecule has 2 aliphatic heterocycles. The van der Waals surface area contributed by atoms with Crippen LogP contribution in [0.4, 0.5) is 18.9 Å². The van der Waals surface area contributed by atoms with Gasteiger partial charge < -0.3 is 10.0 Å². The van der Waals surface area contributed by atoms with Crippen molar-refractivity contribution in [1.82, 2.24) is 0 Å². The molecule has 2 fully saturated rings. The number of halogens is 3. The number of amidine groups is 1. The van der Waals surface area contributed by atoms with Gasteiger partial charge in [-0.3, -0.25) is 9.59 Å². The molecule has 1 N–H and O–H groups in total. The summed E-state index contributed by atoms with van der Waals surface area (Å²) in [5, 5.41) is 8.11. The number of aliphatic carboxylic acids is 1. The van der Waals surface area contributed by atoms with Gasteiger partial charge in [-0.05, 0) is 18.6 Å². The van der Waals surface area contributed by atoms with Crippen LogP contribution in [0.5, 0.6) is 0 Å². The van der Waals surface area contributed by atoms with E-state index in [4.69, 9.17) is 5.11 Å². The number of nitrogens with zero attached hydrogens (tertiary/aromatic N) is 2. The van der Waals surface area contributed by atoms with Crippen LogP contribution in [0, 0.1) is 0 Å². The fourth-order valence-corrected chi connectivity index (χ4v) is 7.25. The second-order valence-electron chi connectivity index (χ2n) is 6.72. The molecule has 1 aromatic carbocycles. The van der Waals surface area contributed by atoms with Crippen LogP contribution in [-0.2, 0) is 25.6 Å². The quantitative estimate of drug-likeness (QED) is 0.735. The molecule has 0 saturated carbocycles. The van der Waals surface area contributed by atoms with Crippen molar-refractivity contribution in [1.29, 1.82) is 0 Å². The molecule has 12 heteroatoms. The first-order valence-corrected chi connectivity index (χ1v) is 11.3. The molecular formula is C17H17F3N2O5S2. The van der Waals surface area contributed by atoms with E-state index < -0.39 is 44.7 Å². The van der Waals surface area contributed by atoms with E-state index in [0.29, 0.717) is 0 Å². The number of carbonyl (C=O) groups excluding carboxylic acids is 1. The number of amides is 1. The lowest BCUT2D eigenvalue weighted by Gasteiger charge is -2.27. The molecule has 158 valence electrons. The van der Waals surface area contributed by atoms with Gasteiger partial charge in [0.2, 0.25) is 5.91 Å². The lowest BCUT2D eigenvalue weighted by molar-refractivity contribution is -0.138. The van der Waals surface area contributed by atoms with Crippen molar-refractivity contribution >= 4 is 44.3 Å². The Bertz CT molecular complexity index is 962. The highest BCUT2D eigenvalue weighted by molar-refractivity contribution is 8.16. The lowest BCUT2D eigenvalue weighted by Crippen LogP contribution is -2.39. The Morgan fingerprint density at radius 3 is 2.55 bits per heavy atom. The normalized spacial score (nSPS) is 24.7. The minimum atomic E-state index is -4.67. The van der Waals surface area contributed by atoms with E-state index in [2.05, 4.69) is 4.99 Å². The van der Waals surface area contributed by atoms with Crippen molar-refractivity contribution in [3.05, 3.63) is 29.8 Å². The van der Waals surface area contributed by atoms with Crippen LogP contribution >= 0.6 is 11.8 Å². The summed E-state index contributed by atoms with van der Waals surface area (Å²) in [4.78, 5) is 27.8. The van der Waals surface area contributed by atoms with Crippen molar-refractivity contribution in [3.8, 4) is 0 Å². The van der Waals surface area contributed by atoms with Crippen LogP contribution < -0.4 is 4.90 Å². The van der Waals surface area contributed by atoms with Gasteiger partial charge in [-0.25, -0.2) is 8.42 Å². The van der Waals surface area contributed by atoms with Gasteiger partial charge in [-0.2, -0.15) is 18.2 Å². The maximum absolute atomic E-state index is 13.5. The van der Waals surface area contributed by atoms with Gasteiger partial charge in [0.15, 0.2) is 15.0 Å². The number of carbonyl (C=O) groups is 2. The van der Waals surface area contributed by atoms with E-state index >= 15 is 0 Å². The van der Waals surface area contributed by atoms with Crippen LogP contribution in [0.1, 0.15) is 24.8 Å². The van der Waals surface area contributed by atoms with Gasteiger partial charge in [0.05, 0.1) is 28.8 Å². The number of thioether (sulfide) groups is 1. The smallest absolute Gasteiger partial charge is 0.418 e. The maximum Gasteiger partial charge on any atom is 0.418 e. The van der Waals surface area contributed by atoms with Crippen LogP contribution in [0.15, 0.2) is 29.3 Å². The van der Waals surface area contributed by atoms with Crippen molar-refractivity contribution < 1.29 is 36.3 Å². The molecule has 2 saturated heterocycles. The Balaban J connectivity index is 1.97. The standard InChI is InChI=1S/C17H17F3N2O5S2/c18-17(19,20)10-4-1-2-5-11(10)22-12-8-29(26,27)9-13(12)28-16(22)21-14(23)6-3-7-15(24)25/h1-2,4-5,12-13H,3,6-9H2,(H,24,25). The largest absolute Gasteiger partial charge is 0.481 e. The number of hydrogen-bond donors (Lipinski definition) is 1. The molecule has 0 aliphatic carbocycles. The van der Waals surface area contributed by atoms with Gasteiger partial charge in [0.1, 0.15) is 0 Å². The van der Waals surface area contributed by atoms with Gasteiger partial charge in [-0.1, -0.05) is 23.9 Å². The highest BCUT2D eigenvalue weighted by Crippen LogP contribution is 2.45. The molecule has 7 nitrogen and oxygen atoms in total. The molecule has 3 rings (SSSR count). The topological polar surface area (TPSA) is 104 Å². The fraction of sp³-hybridized carbons (Fsp3) is 0.471. The molecule has 0 bridgehead atoms. The second-order valence-corrected chi connectivity index (χ2v) is 10.1. The number of alkyl halides is 3. The fourth-order valence-electron chi connectivity index (χ4n) is 3.32. The molecule has 2 aliphatic rings. The predicted octanol–water partition coefficient (Wildman–Crippen LogP) is 2.56. The van der Waals surface area contributed by atoms with E-state index in [1.165, 1.54) is 23.1 Å². The lowest BCUT2D eigenvalue weighted by atomic mass is 10.1. The molecule has 2 heterocycles. The minimum Gasteiger partial charge on any atom is -0.481 e. The summed E-state index contributed by atoms with van der Waals surface area (Å²) >= 11 is 0.966. The molecule has 1 aromatic rings. The number of rotatable bonds is 5. The van der Waals surface area contributed by atoms with E-state index in [0.717, 1.165) is 17.8 Å². The molecule has 1 amide bonds. The molecule has 2 unspecified atom stereocenters. The Morgan fingerprint density at radius 2 is 1.90 bits per heavy atom. The highest BCUT2D eigenvalue weighted by Gasteiger charge is 2.51. The molecule has 2 atom stereocenters. The summed E-state index contributed by atoms with van der Waals surface area (Å²) in [5.74, 6) is -2.27. The zero-order valence-corrected chi connectivity index (χ0v) is 16.6. The number of aliphatic imine (C=N–C) groups is 1. The summed E-state index contributed by atoms with van der Waals surface area (Å²) in [6.07, 6.45) is -5.02. The first-order chi connectivity index (χ1) is 13.5. The number of sulfone groups is 1. The number of hydrogen-bond acceptors (Lipinski definition) is 5. The minimum absolute atomic E-state index is 0.00641. The van der Waals surface area contributed by atoms with Gasteiger partial charge in [-0.15, -0.1) is 0 Å². The zero-order valence-electron chi connectivity index (χ0n) is 14.9. The molecule has 29 heavy (non-hydrogen) atoms. The highest BCUT2D eigenvalue weighted by atomic mass is 32.2. The monoisotopic (exact) mass is 450 g/mol. The van der Waals surface area contributed by atoms with E-state index in [9.17, 15) is 31.2 Å². The number of para-hydroxylation sites is 1. The van der Waals surface area contributed by atoms with E-state index in [-0.39, 0.29) is 41.6 Å². The summed E-state index contributed by atoms with van der Waals surface area (Å²) in [7, 11) is -3.42. The summed E-state index contributed by atoms with van der Waals surface area (Å²) in [5.41, 5.74) is -1.20. The third-order valence-corrected chi connectivity index (χ3v) is 7.75. The average molecular weight is 450 g/mol. The number of fused-ring (bicyclic) bond motifs is 1. The zero-order chi connectivity index (χ0) is 21.4. The van der Waals surface area contributed by atoms with Crippen LogP contribution in [0.25, 0.3) is 0 Å². The maximum atomic E-state index is 13.5. The Morgan fingerprint density at radius 1 is 1.21 bits per heavy atom. The Hall–Kier alpha value is -2.08. The summed E-state index contributed by atoms with van der Waals surface area (Å²) < 4.78 is 64.6. The van der Waals surface area contributed by atoms with Crippen LogP contribution in [0.3, 0.4) is 0 Å². The summed E-state index contributed by atoms with van der Waals surface area (Å²) in [6, 6.07) is 3.98. The van der Waals surface area contributed by atoms with Crippen molar-refractivity contribution in [3.63, 3.8) is 0 Å². The summed E-state index contributed by atoms with van der Waals surface area (Å²) in [6.45, 7) is 0. The third kappa shape index (κ3) is 4.92. The van der Waals surface area contributed by atoms with E-state index in [1.807, 2.05) is 0 Å². The third-order valence-electron chi connectivity index (χ3n) is 4.54. The van der Waals surface area contributed by atoms with Gasteiger partial charge in [0.25, 0.3) is 0 Å². The second kappa shape index (κ2) is 7.98. The van der Waals surface area contributed by atoms with E-state index in [1.54, 1.807) is 0 Å². The molecule has 0 radical (unpaired) electrons. The van der Waals surface area contributed by atoms with Crippen molar-refractivity contribution in [2.45, 2.75) is 36.7 Å². The molecule has 0 aromatic heterocycles. The first kappa shape index (κ1) is 21.6. The van der Waals surface area contributed by atoms with Gasteiger partial charge >= 0.3 is 12.1 Å². The van der Waals surface area contributed by atoms with Gasteiger partial charge in [0, 0.05) is 18.1 Å². The Kier molecular flexibility index (Phi) is 5.95. The van der Waals surface area contributed by atoms with Crippen molar-refractivity contribution in [2.24, 2.45) is 4.99 Å². The van der Waals surface area contributed by atoms with Crippen LogP contribution in [0.2, 0.25) is 0 Å². The molecule has 0 spiro atoms. The van der Waals surface area contributed by atoms with Crippen LogP contribution in [-0.4, -0.2) is 53.4 Å². The van der Waals surface area contributed by atoms with Crippen molar-refractivity contribution in [2.75, 3.05) is 16.4 Å². The number of anilines is 1. The molecular weight excluding hydrogens is 433 g/mol. The number of benzene rings is 1. The first-order valence-electron chi connectivity index (χ1n) is 8.64.